The summed E-state index contributed by atoms with van der Waals surface area (Å²) in [6, 6.07) is 1.69. The molecule has 0 unspecified atom stereocenters. The number of aromatic nitrogens is 2. The van der Waals surface area contributed by atoms with Gasteiger partial charge in [0.05, 0.1) is 18.2 Å². The van der Waals surface area contributed by atoms with Gasteiger partial charge in [-0.2, -0.15) is 11.3 Å². The van der Waals surface area contributed by atoms with Crippen LogP contribution in [0.15, 0.2) is 44.8 Å². The molecule has 0 radical (unpaired) electrons. The molecule has 3 rings (SSSR count). The Balaban J connectivity index is 1.85. The Kier molecular flexibility index (Phi) is 4.29. The third kappa shape index (κ3) is 3.34. The van der Waals surface area contributed by atoms with Gasteiger partial charge in [0, 0.05) is 19.0 Å². The number of aromatic amines is 1. The largest absolute Gasteiger partial charge is 0.465 e. The van der Waals surface area contributed by atoms with Crippen molar-refractivity contribution in [3.05, 3.63) is 56.0 Å². The zero-order chi connectivity index (χ0) is 16.4. The lowest BCUT2D eigenvalue weighted by molar-refractivity contribution is -0.141. The van der Waals surface area contributed by atoms with Crippen LogP contribution in [-0.2, 0) is 9.53 Å². The van der Waals surface area contributed by atoms with Gasteiger partial charge < -0.3 is 4.74 Å². The fourth-order valence-electron chi connectivity index (χ4n) is 2.66. The highest BCUT2D eigenvalue weighted by atomic mass is 32.1. The molecule has 6 nitrogen and oxygen atoms in total. The first kappa shape index (κ1) is 15.5. The van der Waals surface area contributed by atoms with Crippen molar-refractivity contribution < 1.29 is 9.53 Å². The maximum absolute atomic E-state index is 12.1. The van der Waals surface area contributed by atoms with Crippen molar-refractivity contribution in [1.82, 2.24) is 9.55 Å². The highest BCUT2D eigenvalue weighted by Gasteiger charge is 2.23. The van der Waals surface area contributed by atoms with Crippen LogP contribution in [0, 0.1) is 5.92 Å². The van der Waals surface area contributed by atoms with Crippen LogP contribution in [-0.4, -0.2) is 22.1 Å². The Morgan fingerprint density at radius 2 is 2.26 bits per heavy atom. The van der Waals surface area contributed by atoms with Crippen LogP contribution in [0.2, 0.25) is 0 Å². The molecule has 7 heteroatoms. The van der Waals surface area contributed by atoms with Crippen LogP contribution >= 0.6 is 11.3 Å². The van der Waals surface area contributed by atoms with Crippen LogP contribution < -0.4 is 11.2 Å². The molecular weight excluding hydrogens is 316 g/mol. The minimum Gasteiger partial charge on any atom is -0.465 e. The Bertz CT molecular complexity index is 848. The molecule has 0 spiro atoms. The van der Waals surface area contributed by atoms with E-state index in [4.69, 9.17) is 4.74 Å². The number of allylic oxidation sites excluding steroid dienone is 1. The average molecular weight is 332 g/mol. The molecule has 0 bridgehead atoms. The van der Waals surface area contributed by atoms with Gasteiger partial charge >= 0.3 is 11.7 Å². The summed E-state index contributed by atoms with van der Waals surface area (Å²) in [4.78, 5) is 37.4. The summed E-state index contributed by atoms with van der Waals surface area (Å²) in [5, 5.41) is 3.75. The molecule has 1 N–H and O–H groups in total. The third-order valence-corrected chi connectivity index (χ3v) is 4.49. The molecule has 0 aliphatic heterocycles. The maximum atomic E-state index is 12.1. The molecule has 2 aromatic heterocycles. The summed E-state index contributed by atoms with van der Waals surface area (Å²) in [7, 11) is 0. The lowest BCUT2D eigenvalue weighted by Gasteiger charge is -2.15. The van der Waals surface area contributed by atoms with Gasteiger partial charge in [0.2, 0.25) is 0 Å². The highest BCUT2D eigenvalue weighted by molar-refractivity contribution is 7.08. The SMILES string of the molecule is CC(=O)OC[C@H]1C=C[C@@H](n2cc(-c3ccsc3)c(=O)[nH]c2=O)C1. The van der Waals surface area contributed by atoms with Crippen LogP contribution in [0.5, 0.6) is 0 Å². The smallest absolute Gasteiger partial charge is 0.328 e. The van der Waals surface area contributed by atoms with Crippen molar-refractivity contribution in [2.45, 2.75) is 19.4 Å². The molecule has 2 atom stereocenters. The van der Waals surface area contributed by atoms with Crippen molar-refractivity contribution in [1.29, 1.82) is 0 Å². The number of nitrogens with one attached hydrogen (secondary N) is 1. The molecule has 2 aromatic rings. The van der Waals surface area contributed by atoms with Crippen molar-refractivity contribution in [2.75, 3.05) is 6.61 Å². The predicted molar refractivity (Wildman–Crippen MR) is 87.6 cm³/mol. The topological polar surface area (TPSA) is 81.2 Å². The first-order valence-corrected chi connectivity index (χ1v) is 8.18. The van der Waals surface area contributed by atoms with Gasteiger partial charge in [-0.1, -0.05) is 12.2 Å². The zero-order valence-corrected chi connectivity index (χ0v) is 13.3. The van der Waals surface area contributed by atoms with Crippen LogP contribution in [0.3, 0.4) is 0 Å². The molecule has 0 fully saturated rings. The standard InChI is InChI=1S/C16H16N2O4S/c1-10(19)22-8-11-2-3-13(6-11)18-7-14(12-4-5-23-9-12)15(20)17-16(18)21/h2-5,7,9,11,13H,6,8H2,1H3,(H,17,20,21)/t11-,13+/m0/s1. The van der Waals surface area contributed by atoms with Gasteiger partial charge in [-0.25, -0.2) is 4.79 Å². The number of hydrogen-bond acceptors (Lipinski definition) is 5. The van der Waals surface area contributed by atoms with E-state index in [9.17, 15) is 14.4 Å². The molecule has 120 valence electrons. The number of ether oxygens (including phenoxy) is 1. The van der Waals surface area contributed by atoms with Gasteiger partial charge in [-0.15, -0.1) is 0 Å². The van der Waals surface area contributed by atoms with E-state index in [0.29, 0.717) is 18.6 Å². The average Bonchev–Trinajstić information content (AvgIpc) is 3.16. The van der Waals surface area contributed by atoms with Crippen molar-refractivity contribution in [3.63, 3.8) is 0 Å². The van der Waals surface area contributed by atoms with Crippen molar-refractivity contribution >= 4 is 17.3 Å². The Labute approximate surface area is 136 Å². The monoisotopic (exact) mass is 332 g/mol. The number of H-pyrrole nitrogens is 1. The fraction of sp³-hybridized carbons (Fsp3) is 0.312. The number of carbonyl (C=O) groups is 1. The van der Waals surface area contributed by atoms with Crippen molar-refractivity contribution in [2.24, 2.45) is 5.92 Å². The number of esters is 1. The van der Waals surface area contributed by atoms with Gasteiger partial charge in [-0.3, -0.25) is 19.1 Å². The van der Waals surface area contributed by atoms with Gasteiger partial charge in [0.1, 0.15) is 0 Å². The van der Waals surface area contributed by atoms with E-state index >= 15 is 0 Å². The summed E-state index contributed by atoms with van der Waals surface area (Å²) < 4.78 is 6.53. The Hall–Kier alpha value is -2.41. The normalized spacial score (nSPS) is 19.9. The lowest BCUT2D eigenvalue weighted by atomic mass is 10.1. The fourth-order valence-corrected chi connectivity index (χ4v) is 3.32. The second kappa shape index (κ2) is 6.37. The predicted octanol–water partition coefficient (Wildman–Crippen LogP) is 1.95. The Morgan fingerprint density at radius 3 is 2.96 bits per heavy atom. The number of carbonyl (C=O) groups excluding carboxylic acids is 1. The van der Waals surface area contributed by atoms with E-state index in [1.807, 2.05) is 29.0 Å². The molecule has 23 heavy (non-hydrogen) atoms. The van der Waals surface area contributed by atoms with E-state index in [0.717, 1.165) is 5.56 Å². The van der Waals surface area contributed by atoms with E-state index in [-0.39, 0.29) is 23.5 Å². The number of nitrogens with zero attached hydrogens (tertiary/aromatic N) is 1. The van der Waals surface area contributed by atoms with Crippen LogP contribution in [0.4, 0.5) is 0 Å². The van der Waals surface area contributed by atoms with Gasteiger partial charge in [0.25, 0.3) is 5.56 Å². The molecular formula is C16H16N2O4S. The van der Waals surface area contributed by atoms with Gasteiger partial charge in [0.15, 0.2) is 0 Å². The minimum absolute atomic E-state index is 0.0762. The first-order chi connectivity index (χ1) is 11.0. The Morgan fingerprint density at radius 1 is 1.43 bits per heavy atom. The van der Waals surface area contributed by atoms with E-state index in [2.05, 4.69) is 4.98 Å². The number of rotatable bonds is 4. The highest BCUT2D eigenvalue weighted by Crippen LogP contribution is 2.28. The molecule has 0 saturated heterocycles. The quantitative estimate of drug-likeness (QED) is 0.685. The summed E-state index contributed by atoms with van der Waals surface area (Å²) in [5.74, 6) is -0.241. The summed E-state index contributed by atoms with van der Waals surface area (Å²) in [6.07, 6.45) is 6.11. The molecule has 0 saturated carbocycles. The van der Waals surface area contributed by atoms with Crippen LogP contribution in [0.25, 0.3) is 11.1 Å². The third-order valence-electron chi connectivity index (χ3n) is 3.81. The maximum Gasteiger partial charge on any atom is 0.328 e. The molecule has 1 aliphatic carbocycles. The number of thiophene rings is 1. The van der Waals surface area contributed by atoms with E-state index < -0.39 is 5.69 Å². The van der Waals surface area contributed by atoms with Crippen molar-refractivity contribution in [3.8, 4) is 11.1 Å². The summed E-state index contributed by atoms with van der Waals surface area (Å²) in [5.41, 5.74) is 0.450. The molecule has 0 amide bonds. The molecule has 2 heterocycles. The van der Waals surface area contributed by atoms with Crippen LogP contribution in [0.1, 0.15) is 19.4 Å². The van der Waals surface area contributed by atoms with E-state index in [1.54, 1.807) is 6.20 Å². The van der Waals surface area contributed by atoms with Gasteiger partial charge in [-0.05, 0) is 28.8 Å². The van der Waals surface area contributed by atoms with E-state index in [1.165, 1.54) is 22.8 Å². The second-order valence-electron chi connectivity index (χ2n) is 5.47. The lowest BCUT2D eigenvalue weighted by Crippen LogP contribution is -2.32. The minimum atomic E-state index is -0.434. The second-order valence-corrected chi connectivity index (χ2v) is 6.25. The zero-order valence-electron chi connectivity index (χ0n) is 12.5. The summed E-state index contributed by atoms with van der Waals surface area (Å²) >= 11 is 1.49. The molecule has 0 aromatic carbocycles. The first-order valence-electron chi connectivity index (χ1n) is 7.24. The summed E-state index contributed by atoms with van der Waals surface area (Å²) in [6.45, 7) is 1.67. The molecule has 1 aliphatic rings. The number of hydrogen-bond donors (Lipinski definition) is 1.